The Labute approximate surface area is 108 Å². The zero-order valence-corrected chi connectivity index (χ0v) is 10.8. The molecule has 1 aliphatic carbocycles. The molecule has 2 unspecified atom stereocenters. The normalized spacial score (nSPS) is 27.2. The molecule has 3 heteroatoms. The van der Waals surface area contributed by atoms with Gasteiger partial charge in [0.25, 0.3) is 0 Å². The summed E-state index contributed by atoms with van der Waals surface area (Å²) in [5.74, 6) is 0.646. The minimum Gasteiger partial charge on any atom is -0.353 e. The van der Waals surface area contributed by atoms with E-state index in [2.05, 4.69) is 41.8 Å². The van der Waals surface area contributed by atoms with Gasteiger partial charge in [-0.1, -0.05) is 24.3 Å². The first kappa shape index (κ1) is 11.7. The van der Waals surface area contributed by atoms with E-state index >= 15 is 0 Å². The molecule has 1 saturated heterocycles. The van der Waals surface area contributed by atoms with Crippen LogP contribution in [0.15, 0.2) is 24.3 Å². The molecular weight excluding hydrogens is 224 g/mol. The number of carbonyl (C=O) groups is 1. The number of nitrogens with one attached hydrogen (secondary N) is 2. The van der Waals surface area contributed by atoms with Crippen LogP contribution >= 0.6 is 0 Å². The van der Waals surface area contributed by atoms with Gasteiger partial charge < -0.3 is 10.6 Å². The summed E-state index contributed by atoms with van der Waals surface area (Å²) in [6.07, 6.45) is 2.31. The van der Waals surface area contributed by atoms with E-state index < -0.39 is 0 Å². The summed E-state index contributed by atoms with van der Waals surface area (Å²) in [6, 6.07) is 8.86. The predicted octanol–water partition coefficient (Wildman–Crippen LogP) is 1.58. The van der Waals surface area contributed by atoms with Gasteiger partial charge in [-0.2, -0.15) is 0 Å². The van der Waals surface area contributed by atoms with Gasteiger partial charge in [0.05, 0.1) is 5.92 Å². The number of aryl methyl sites for hydroxylation is 1. The number of benzene rings is 1. The SMILES string of the molecule is Cc1ccccc1C1CNCC1C(=O)NC1CC1. The van der Waals surface area contributed by atoms with Gasteiger partial charge >= 0.3 is 0 Å². The number of hydrogen-bond donors (Lipinski definition) is 2. The van der Waals surface area contributed by atoms with Gasteiger partial charge in [0, 0.05) is 25.0 Å². The molecule has 2 atom stereocenters. The molecule has 1 saturated carbocycles. The van der Waals surface area contributed by atoms with Crippen LogP contribution < -0.4 is 10.6 Å². The van der Waals surface area contributed by atoms with Crippen molar-refractivity contribution in [2.24, 2.45) is 5.92 Å². The fraction of sp³-hybridized carbons (Fsp3) is 0.533. The van der Waals surface area contributed by atoms with Crippen LogP contribution in [0, 0.1) is 12.8 Å². The molecule has 2 N–H and O–H groups in total. The fourth-order valence-corrected chi connectivity index (χ4v) is 2.82. The predicted molar refractivity (Wildman–Crippen MR) is 71.4 cm³/mol. The van der Waals surface area contributed by atoms with Crippen LogP contribution in [0.4, 0.5) is 0 Å². The topological polar surface area (TPSA) is 41.1 Å². The van der Waals surface area contributed by atoms with Gasteiger partial charge in [0.2, 0.25) is 5.91 Å². The van der Waals surface area contributed by atoms with Crippen LogP contribution in [0.1, 0.15) is 29.9 Å². The van der Waals surface area contributed by atoms with Crippen molar-refractivity contribution in [1.82, 2.24) is 10.6 Å². The average molecular weight is 244 g/mol. The lowest BCUT2D eigenvalue weighted by Gasteiger charge is -2.20. The van der Waals surface area contributed by atoms with Crippen molar-refractivity contribution in [2.75, 3.05) is 13.1 Å². The highest BCUT2D eigenvalue weighted by Gasteiger charge is 2.36. The quantitative estimate of drug-likeness (QED) is 0.847. The Morgan fingerprint density at radius 1 is 1.28 bits per heavy atom. The smallest absolute Gasteiger partial charge is 0.225 e. The Kier molecular flexibility index (Phi) is 3.08. The van der Waals surface area contributed by atoms with Crippen molar-refractivity contribution >= 4 is 5.91 Å². The monoisotopic (exact) mass is 244 g/mol. The summed E-state index contributed by atoms with van der Waals surface area (Å²) >= 11 is 0. The van der Waals surface area contributed by atoms with E-state index in [1.807, 2.05) is 0 Å². The maximum atomic E-state index is 12.2. The van der Waals surface area contributed by atoms with Crippen LogP contribution in [0.3, 0.4) is 0 Å². The van der Waals surface area contributed by atoms with Crippen molar-refractivity contribution in [3.8, 4) is 0 Å². The Bertz CT molecular complexity index is 454. The molecule has 3 rings (SSSR count). The van der Waals surface area contributed by atoms with E-state index in [1.54, 1.807) is 0 Å². The first-order valence-corrected chi connectivity index (χ1v) is 6.82. The van der Waals surface area contributed by atoms with Crippen LogP contribution in [-0.4, -0.2) is 25.0 Å². The van der Waals surface area contributed by atoms with Gasteiger partial charge in [-0.15, -0.1) is 0 Å². The van der Waals surface area contributed by atoms with Gasteiger partial charge in [-0.25, -0.2) is 0 Å². The molecule has 0 aromatic heterocycles. The highest BCUT2D eigenvalue weighted by molar-refractivity contribution is 5.81. The van der Waals surface area contributed by atoms with Crippen molar-refractivity contribution in [1.29, 1.82) is 0 Å². The summed E-state index contributed by atoms with van der Waals surface area (Å²) in [5.41, 5.74) is 2.61. The molecule has 0 spiro atoms. The summed E-state index contributed by atoms with van der Waals surface area (Å²) < 4.78 is 0. The zero-order chi connectivity index (χ0) is 12.5. The van der Waals surface area contributed by atoms with E-state index in [0.717, 1.165) is 25.9 Å². The molecule has 0 radical (unpaired) electrons. The van der Waals surface area contributed by atoms with Crippen molar-refractivity contribution in [2.45, 2.75) is 31.7 Å². The van der Waals surface area contributed by atoms with Crippen LogP contribution in [-0.2, 0) is 4.79 Å². The third kappa shape index (κ3) is 2.27. The molecule has 3 nitrogen and oxygen atoms in total. The van der Waals surface area contributed by atoms with Crippen molar-refractivity contribution < 1.29 is 4.79 Å². The summed E-state index contributed by atoms with van der Waals surface area (Å²) in [7, 11) is 0. The lowest BCUT2D eigenvalue weighted by atomic mass is 9.86. The molecule has 96 valence electrons. The van der Waals surface area contributed by atoms with Gasteiger partial charge in [0.15, 0.2) is 0 Å². The fourth-order valence-electron chi connectivity index (χ4n) is 2.82. The molecule has 18 heavy (non-hydrogen) atoms. The van der Waals surface area contributed by atoms with Gasteiger partial charge in [-0.05, 0) is 30.9 Å². The third-order valence-electron chi connectivity index (χ3n) is 4.06. The van der Waals surface area contributed by atoms with Crippen LogP contribution in [0.5, 0.6) is 0 Å². The van der Waals surface area contributed by atoms with Gasteiger partial charge in [-0.3, -0.25) is 4.79 Å². The minimum atomic E-state index is 0.0895. The van der Waals surface area contributed by atoms with E-state index in [9.17, 15) is 4.79 Å². The second kappa shape index (κ2) is 4.73. The number of carbonyl (C=O) groups excluding carboxylic acids is 1. The highest BCUT2D eigenvalue weighted by atomic mass is 16.2. The number of rotatable bonds is 3. The van der Waals surface area contributed by atoms with Gasteiger partial charge in [0.1, 0.15) is 0 Å². The lowest BCUT2D eigenvalue weighted by molar-refractivity contribution is -0.124. The van der Waals surface area contributed by atoms with Crippen LogP contribution in [0.25, 0.3) is 0 Å². The molecule has 2 aliphatic rings. The highest BCUT2D eigenvalue weighted by Crippen LogP contribution is 2.31. The standard InChI is InChI=1S/C15H20N2O/c1-10-4-2-3-5-12(10)13-8-16-9-14(13)15(18)17-11-6-7-11/h2-5,11,13-14,16H,6-9H2,1H3,(H,17,18). The molecule has 2 fully saturated rings. The summed E-state index contributed by atoms with van der Waals surface area (Å²) in [6.45, 7) is 3.84. The van der Waals surface area contributed by atoms with E-state index in [0.29, 0.717) is 12.0 Å². The second-order valence-corrected chi connectivity index (χ2v) is 5.51. The summed E-state index contributed by atoms with van der Waals surface area (Å²) in [4.78, 5) is 12.2. The largest absolute Gasteiger partial charge is 0.353 e. The maximum Gasteiger partial charge on any atom is 0.225 e. The molecular formula is C15H20N2O. The molecule has 1 aromatic carbocycles. The lowest BCUT2D eigenvalue weighted by Crippen LogP contribution is -2.35. The Balaban J connectivity index is 1.78. The van der Waals surface area contributed by atoms with Crippen LogP contribution in [0.2, 0.25) is 0 Å². The molecule has 0 bridgehead atoms. The van der Waals surface area contributed by atoms with Crippen molar-refractivity contribution in [3.63, 3.8) is 0 Å². The Morgan fingerprint density at radius 2 is 2.06 bits per heavy atom. The summed E-state index contributed by atoms with van der Waals surface area (Å²) in [5, 5.41) is 6.50. The maximum absolute atomic E-state index is 12.2. The van der Waals surface area contributed by atoms with E-state index in [4.69, 9.17) is 0 Å². The minimum absolute atomic E-state index is 0.0895. The zero-order valence-electron chi connectivity index (χ0n) is 10.8. The molecule has 1 heterocycles. The number of amides is 1. The second-order valence-electron chi connectivity index (χ2n) is 5.51. The van der Waals surface area contributed by atoms with Crippen molar-refractivity contribution in [3.05, 3.63) is 35.4 Å². The molecule has 1 amide bonds. The first-order chi connectivity index (χ1) is 8.75. The number of hydrogen-bond acceptors (Lipinski definition) is 2. The third-order valence-corrected chi connectivity index (χ3v) is 4.06. The van der Waals surface area contributed by atoms with E-state index in [-0.39, 0.29) is 11.8 Å². The Morgan fingerprint density at radius 3 is 2.78 bits per heavy atom. The Hall–Kier alpha value is -1.35. The average Bonchev–Trinajstić information content (AvgIpc) is 3.04. The molecule has 1 aliphatic heterocycles. The van der Waals surface area contributed by atoms with E-state index in [1.165, 1.54) is 11.1 Å². The first-order valence-electron chi connectivity index (χ1n) is 6.82. The molecule has 1 aromatic rings.